The molecule has 6 nitrogen and oxygen atoms in total. The van der Waals surface area contributed by atoms with E-state index in [0.717, 1.165) is 6.42 Å². The van der Waals surface area contributed by atoms with Crippen molar-refractivity contribution >= 4 is 5.91 Å². The molecule has 0 bridgehead atoms. The molecule has 0 aliphatic carbocycles. The highest BCUT2D eigenvalue weighted by molar-refractivity contribution is 5.78. The van der Waals surface area contributed by atoms with Crippen molar-refractivity contribution in [3.63, 3.8) is 0 Å². The lowest BCUT2D eigenvalue weighted by atomic mass is 10.1. The summed E-state index contributed by atoms with van der Waals surface area (Å²) in [5.41, 5.74) is 0. The summed E-state index contributed by atoms with van der Waals surface area (Å²) in [7, 11) is 0. The number of benzene rings is 1. The van der Waals surface area contributed by atoms with Crippen LogP contribution in [0.25, 0.3) is 0 Å². The van der Waals surface area contributed by atoms with Crippen LogP contribution in [0.4, 0.5) is 0 Å². The smallest absolute Gasteiger partial charge is 0.260 e. The average molecular weight is 273 g/mol. The van der Waals surface area contributed by atoms with Crippen LogP contribution in [-0.4, -0.2) is 40.6 Å². The van der Waals surface area contributed by atoms with Crippen LogP contribution in [-0.2, 0) is 4.79 Å². The van der Waals surface area contributed by atoms with Crippen molar-refractivity contribution in [1.29, 1.82) is 0 Å². The van der Waals surface area contributed by atoms with E-state index in [9.17, 15) is 4.79 Å². The quantitative estimate of drug-likeness (QED) is 0.843. The Morgan fingerprint density at radius 2 is 2.25 bits per heavy atom. The average Bonchev–Trinajstić information content (AvgIpc) is 3.16. The number of amides is 1. The fourth-order valence-electron chi connectivity index (χ4n) is 2.31. The van der Waals surface area contributed by atoms with Crippen LogP contribution in [0.2, 0.25) is 0 Å². The van der Waals surface area contributed by atoms with E-state index in [-0.39, 0.29) is 18.4 Å². The topological polar surface area (TPSA) is 68.5 Å². The van der Waals surface area contributed by atoms with E-state index in [2.05, 4.69) is 10.1 Å². The summed E-state index contributed by atoms with van der Waals surface area (Å²) in [5.74, 6) is 1.52. The standard InChI is InChI=1S/C14H15N3O3/c18-13(9-19-12-4-2-1-3-5-12)17-7-6-11(8-17)14-15-10-20-16-14/h1-5,10-11H,6-9H2. The highest BCUT2D eigenvalue weighted by atomic mass is 16.5. The SMILES string of the molecule is O=C(COc1ccccc1)N1CCC(c2ncon2)C1. The lowest BCUT2D eigenvalue weighted by molar-refractivity contribution is -0.132. The van der Waals surface area contributed by atoms with Crippen molar-refractivity contribution < 1.29 is 14.1 Å². The largest absolute Gasteiger partial charge is 0.484 e. The van der Waals surface area contributed by atoms with E-state index < -0.39 is 0 Å². The first-order chi connectivity index (χ1) is 9.83. The molecule has 0 saturated carbocycles. The summed E-state index contributed by atoms with van der Waals surface area (Å²) < 4.78 is 10.2. The van der Waals surface area contributed by atoms with E-state index in [4.69, 9.17) is 9.26 Å². The molecule has 1 unspecified atom stereocenters. The highest BCUT2D eigenvalue weighted by Gasteiger charge is 2.29. The van der Waals surface area contributed by atoms with Gasteiger partial charge in [-0.3, -0.25) is 4.79 Å². The monoisotopic (exact) mass is 273 g/mol. The molecule has 0 N–H and O–H groups in total. The molecule has 1 amide bonds. The number of ether oxygens (including phenoxy) is 1. The van der Waals surface area contributed by atoms with Crippen molar-refractivity contribution in [2.45, 2.75) is 12.3 Å². The summed E-state index contributed by atoms with van der Waals surface area (Å²) in [6.45, 7) is 1.38. The molecule has 1 aliphatic heterocycles. The Bertz CT molecular complexity index is 556. The first-order valence-corrected chi connectivity index (χ1v) is 6.55. The van der Waals surface area contributed by atoms with Gasteiger partial charge in [-0.15, -0.1) is 0 Å². The number of para-hydroxylation sites is 1. The van der Waals surface area contributed by atoms with Crippen LogP contribution in [0.1, 0.15) is 18.2 Å². The minimum Gasteiger partial charge on any atom is -0.484 e. The zero-order valence-corrected chi connectivity index (χ0v) is 10.9. The number of hydrogen-bond acceptors (Lipinski definition) is 5. The Kier molecular flexibility index (Phi) is 3.62. The maximum absolute atomic E-state index is 12.1. The molecular formula is C14H15N3O3. The third-order valence-corrected chi connectivity index (χ3v) is 3.39. The van der Waals surface area contributed by atoms with Gasteiger partial charge in [0.05, 0.1) is 0 Å². The second-order valence-electron chi connectivity index (χ2n) is 4.72. The number of likely N-dealkylation sites (tertiary alicyclic amines) is 1. The van der Waals surface area contributed by atoms with Gasteiger partial charge in [0.2, 0.25) is 6.39 Å². The number of nitrogens with zero attached hydrogens (tertiary/aromatic N) is 3. The molecular weight excluding hydrogens is 258 g/mol. The van der Waals surface area contributed by atoms with Crippen molar-refractivity contribution in [2.24, 2.45) is 0 Å². The number of rotatable bonds is 4. The number of aromatic nitrogens is 2. The maximum Gasteiger partial charge on any atom is 0.260 e. The van der Waals surface area contributed by atoms with Crippen LogP contribution in [0, 0.1) is 0 Å². The highest BCUT2D eigenvalue weighted by Crippen LogP contribution is 2.24. The number of hydrogen-bond donors (Lipinski definition) is 0. The van der Waals surface area contributed by atoms with Gasteiger partial charge in [0, 0.05) is 19.0 Å². The van der Waals surface area contributed by atoms with Gasteiger partial charge < -0.3 is 14.2 Å². The molecule has 0 spiro atoms. The molecule has 104 valence electrons. The Hall–Kier alpha value is -2.37. The van der Waals surface area contributed by atoms with Gasteiger partial charge in [0.25, 0.3) is 5.91 Å². The minimum atomic E-state index is -0.0140. The molecule has 20 heavy (non-hydrogen) atoms. The first kappa shape index (κ1) is 12.7. The molecule has 2 heterocycles. The van der Waals surface area contributed by atoms with E-state index >= 15 is 0 Å². The second kappa shape index (κ2) is 5.73. The minimum absolute atomic E-state index is 0.0140. The normalized spacial score (nSPS) is 18.2. The van der Waals surface area contributed by atoms with Gasteiger partial charge in [-0.2, -0.15) is 4.98 Å². The second-order valence-corrected chi connectivity index (χ2v) is 4.72. The van der Waals surface area contributed by atoms with E-state index in [1.54, 1.807) is 4.90 Å². The van der Waals surface area contributed by atoms with Crippen molar-refractivity contribution in [3.05, 3.63) is 42.5 Å². The van der Waals surface area contributed by atoms with Gasteiger partial charge in [-0.25, -0.2) is 0 Å². The molecule has 1 aromatic heterocycles. The third kappa shape index (κ3) is 2.79. The lowest BCUT2D eigenvalue weighted by Crippen LogP contribution is -2.32. The molecule has 3 rings (SSSR count). The summed E-state index contributed by atoms with van der Waals surface area (Å²) in [5, 5.41) is 3.83. The molecule has 1 aromatic carbocycles. The Morgan fingerprint density at radius 1 is 1.40 bits per heavy atom. The van der Waals surface area contributed by atoms with Crippen LogP contribution in [0.15, 0.2) is 41.2 Å². The zero-order chi connectivity index (χ0) is 13.8. The predicted molar refractivity (Wildman–Crippen MR) is 70.2 cm³/mol. The molecule has 6 heteroatoms. The molecule has 1 atom stereocenters. The number of carbonyl (C=O) groups excluding carboxylic acids is 1. The molecule has 1 saturated heterocycles. The summed E-state index contributed by atoms with van der Waals surface area (Å²) in [4.78, 5) is 17.9. The van der Waals surface area contributed by atoms with Gasteiger partial charge in [0.1, 0.15) is 5.75 Å². The van der Waals surface area contributed by atoms with Crippen LogP contribution >= 0.6 is 0 Å². The van der Waals surface area contributed by atoms with E-state index in [0.29, 0.717) is 24.7 Å². The van der Waals surface area contributed by atoms with Gasteiger partial charge in [0.15, 0.2) is 12.4 Å². The summed E-state index contributed by atoms with van der Waals surface area (Å²) >= 11 is 0. The summed E-state index contributed by atoms with van der Waals surface area (Å²) in [6, 6.07) is 9.33. The van der Waals surface area contributed by atoms with E-state index in [1.165, 1.54) is 6.39 Å². The molecule has 2 aromatic rings. The van der Waals surface area contributed by atoms with Crippen LogP contribution in [0.5, 0.6) is 5.75 Å². The van der Waals surface area contributed by atoms with E-state index in [1.807, 2.05) is 30.3 Å². The fraction of sp³-hybridized carbons (Fsp3) is 0.357. The maximum atomic E-state index is 12.1. The number of carbonyl (C=O) groups is 1. The Morgan fingerprint density at radius 3 is 3.00 bits per heavy atom. The Labute approximate surface area is 116 Å². The van der Waals surface area contributed by atoms with Gasteiger partial charge >= 0.3 is 0 Å². The first-order valence-electron chi connectivity index (χ1n) is 6.55. The van der Waals surface area contributed by atoms with Crippen molar-refractivity contribution in [3.8, 4) is 5.75 Å². The molecule has 1 fully saturated rings. The zero-order valence-electron chi connectivity index (χ0n) is 10.9. The lowest BCUT2D eigenvalue weighted by Gasteiger charge is -2.16. The molecule has 0 radical (unpaired) electrons. The van der Waals surface area contributed by atoms with Gasteiger partial charge in [-0.05, 0) is 18.6 Å². The summed E-state index contributed by atoms with van der Waals surface area (Å²) in [6.07, 6.45) is 2.18. The van der Waals surface area contributed by atoms with Crippen LogP contribution in [0.3, 0.4) is 0 Å². The predicted octanol–water partition coefficient (Wildman–Crippen LogP) is 1.46. The van der Waals surface area contributed by atoms with Crippen molar-refractivity contribution in [1.82, 2.24) is 15.0 Å². The van der Waals surface area contributed by atoms with Crippen LogP contribution < -0.4 is 4.74 Å². The molecule has 1 aliphatic rings. The third-order valence-electron chi connectivity index (χ3n) is 3.39. The Balaban J connectivity index is 1.51. The van der Waals surface area contributed by atoms with Gasteiger partial charge in [-0.1, -0.05) is 23.4 Å². The fourth-order valence-corrected chi connectivity index (χ4v) is 2.31. The van der Waals surface area contributed by atoms with Crippen molar-refractivity contribution in [2.75, 3.05) is 19.7 Å².